The highest BCUT2D eigenvalue weighted by Gasteiger charge is 2.13. The largest absolute Gasteiger partial charge is 0.285 e. The van der Waals surface area contributed by atoms with Gasteiger partial charge in [-0.15, -0.1) is 15.3 Å². The van der Waals surface area contributed by atoms with Crippen LogP contribution in [0.5, 0.6) is 0 Å². The van der Waals surface area contributed by atoms with Gasteiger partial charge < -0.3 is 0 Å². The first-order chi connectivity index (χ1) is 11.6. The van der Waals surface area contributed by atoms with E-state index in [1.54, 1.807) is 15.3 Å². The monoisotopic (exact) mass is 338 g/mol. The van der Waals surface area contributed by atoms with E-state index in [1.807, 2.05) is 38.3 Å². The highest BCUT2D eigenvalue weighted by atomic mass is 32.2. The SMILES string of the molecule is CSc1nc2nnc3c(=O)n(-c4cc(C)cc(C)c4)ccc3n2n1. The van der Waals surface area contributed by atoms with Gasteiger partial charge in [-0.3, -0.25) is 9.36 Å². The van der Waals surface area contributed by atoms with Gasteiger partial charge in [0.1, 0.15) is 5.52 Å². The van der Waals surface area contributed by atoms with Crippen LogP contribution in [0.25, 0.3) is 22.5 Å². The molecule has 0 radical (unpaired) electrons. The predicted molar refractivity (Wildman–Crippen MR) is 92.9 cm³/mol. The minimum atomic E-state index is -0.229. The van der Waals surface area contributed by atoms with Gasteiger partial charge in [0, 0.05) is 11.9 Å². The van der Waals surface area contributed by atoms with Crippen LogP contribution in [0.4, 0.5) is 0 Å². The Morgan fingerprint density at radius 1 is 1.08 bits per heavy atom. The van der Waals surface area contributed by atoms with E-state index >= 15 is 0 Å². The summed E-state index contributed by atoms with van der Waals surface area (Å²) >= 11 is 1.42. The van der Waals surface area contributed by atoms with Crippen molar-refractivity contribution in [3.63, 3.8) is 0 Å². The van der Waals surface area contributed by atoms with Gasteiger partial charge in [-0.25, -0.2) is 0 Å². The van der Waals surface area contributed by atoms with Crippen LogP contribution >= 0.6 is 11.8 Å². The molecule has 0 N–H and O–H groups in total. The van der Waals surface area contributed by atoms with Gasteiger partial charge in [0.25, 0.3) is 11.3 Å². The maximum Gasteiger partial charge on any atom is 0.285 e. The third-order valence-corrected chi connectivity index (χ3v) is 4.29. The molecule has 0 saturated carbocycles. The summed E-state index contributed by atoms with van der Waals surface area (Å²) in [5, 5.41) is 13.0. The van der Waals surface area contributed by atoms with Gasteiger partial charge >= 0.3 is 0 Å². The number of nitrogens with zero attached hydrogens (tertiary/aromatic N) is 6. The smallest absolute Gasteiger partial charge is 0.282 e. The molecular weight excluding hydrogens is 324 g/mol. The minimum Gasteiger partial charge on any atom is -0.282 e. The summed E-state index contributed by atoms with van der Waals surface area (Å²) in [6.45, 7) is 4.01. The molecule has 0 amide bonds. The van der Waals surface area contributed by atoms with Crippen molar-refractivity contribution in [3.8, 4) is 5.69 Å². The van der Waals surface area contributed by atoms with Crippen molar-refractivity contribution in [1.82, 2.24) is 29.4 Å². The van der Waals surface area contributed by atoms with Gasteiger partial charge in [-0.2, -0.15) is 9.50 Å². The first kappa shape index (κ1) is 14.8. The fourth-order valence-corrected chi connectivity index (χ4v) is 3.10. The molecule has 3 heterocycles. The molecule has 24 heavy (non-hydrogen) atoms. The second-order valence-electron chi connectivity index (χ2n) is 5.58. The Kier molecular flexibility index (Phi) is 3.34. The number of benzene rings is 1. The van der Waals surface area contributed by atoms with Gasteiger partial charge in [-0.05, 0) is 49.4 Å². The zero-order valence-electron chi connectivity index (χ0n) is 13.4. The zero-order valence-corrected chi connectivity index (χ0v) is 14.2. The Labute approximate surface area is 141 Å². The lowest BCUT2D eigenvalue weighted by atomic mass is 10.1. The fraction of sp³-hybridized carbons (Fsp3) is 0.188. The maximum atomic E-state index is 12.9. The summed E-state index contributed by atoms with van der Waals surface area (Å²) in [5.74, 6) is 0.385. The lowest BCUT2D eigenvalue weighted by Gasteiger charge is -2.09. The molecule has 1 aromatic carbocycles. The minimum absolute atomic E-state index is 0.229. The molecule has 120 valence electrons. The van der Waals surface area contributed by atoms with Crippen molar-refractivity contribution in [2.24, 2.45) is 0 Å². The molecule has 8 heteroatoms. The molecule has 0 unspecified atom stereocenters. The average molecular weight is 338 g/mol. The topological polar surface area (TPSA) is 78.0 Å². The van der Waals surface area contributed by atoms with Crippen LogP contribution in [-0.2, 0) is 0 Å². The normalized spacial score (nSPS) is 11.5. The molecule has 0 aliphatic heterocycles. The highest BCUT2D eigenvalue weighted by molar-refractivity contribution is 7.98. The summed E-state index contributed by atoms with van der Waals surface area (Å²) in [7, 11) is 0. The molecule has 0 fully saturated rings. The van der Waals surface area contributed by atoms with Gasteiger partial charge in [0.15, 0.2) is 5.52 Å². The number of rotatable bonds is 2. The van der Waals surface area contributed by atoms with Gasteiger partial charge in [-0.1, -0.05) is 17.8 Å². The number of thioether (sulfide) groups is 1. The summed E-state index contributed by atoms with van der Waals surface area (Å²) in [6.07, 6.45) is 3.62. The van der Waals surface area contributed by atoms with Crippen molar-refractivity contribution in [2.45, 2.75) is 19.0 Å². The Hall–Kier alpha value is -2.74. The van der Waals surface area contributed by atoms with Crippen molar-refractivity contribution < 1.29 is 0 Å². The molecule has 0 spiro atoms. The zero-order chi connectivity index (χ0) is 16.8. The standard InChI is InChI=1S/C16H14N6OS/c1-9-6-10(2)8-11(7-9)21-5-4-12-13(14(21)23)18-19-15-17-16(24-3)20-22(12)15/h4-8H,1-3H3. The van der Waals surface area contributed by atoms with Crippen LogP contribution in [0, 0.1) is 13.8 Å². The van der Waals surface area contributed by atoms with Crippen LogP contribution in [-0.4, -0.2) is 35.6 Å². The van der Waals surface area contributed by atoms with Crippen LogP contribution < -0.4 is 5.56 Å². The third-order valence-electron chi connectivity index (χ3n) is 3.75. The number of aryl methyl sites for hydroxylation is 2. The second-order valence-corrected chi connectivity index (χ2v) is 6.35. The Morgan fingerprint density at radius 2 is 1.83 bits per heavy atom. The summed E-state index contributed by atoms with van der Waals surface area (Å²) in [4.78, 5) is 17.1. The van der Waals surface area contributed by atoms with Gasteiger partial charge in [0.05, 0.1) is 0 Å². The van der Waals surface area contributed by atoms with E-state index in [0.29, 0.717) is 16.5 Å². The van der Waals surface area contributed by atoms with Crippen molar-refractivity contribution in [1.29, 1.82) is 0 Å². The van der Waals surface area contributed by atoms with Crippen LogP contribution in [0.15, 0.2) is 40.4 Å². The lowest BCUT2D eigenvalue weighted by Crippen LogP contribution is -2.20. The van der Waals surface area contributed by atoms with E-state index in [2.05, 4.69) is 26.3 Å². The van der Waals surface area contributed by atoms with E-state index in [1.165, 1.54) is 11.8 Å². The first-order valence-electron chi connectivity index (χ1n) is 7.34. The molecule has 0 saturated heterocycles. The summed E-state index contributed by atoms with van der Waals surface area (Å²) in [5.41, 5.74) is 3.64. The summed E-state index contributed by atoms with van der Waals surface area (Å²) in [6, 6.07) is 7.81. The lowest BCUT2D eigenvalue weighted by molar-refractivity contribution is 0.884. The maximum absolute atomic E-state index is 12.9. The molecule has 0 aliphatic carbocycles. The molecular formula is C16H14N6OS. The second kappa shape index (κ2) is 5.41. The van der Waals surface area contributed by atoms with E-state index in [4.69, 9.17) is 0 Å². The molecule has 0 bridgehead atoms. The predicted octanol–water partition coefficient (Wildman–Crippen LogP) is 2.16. The van der Waals surface area contributed by atoms with E-state index < -0.39 is 0 Å². The van der Waals surface area contributed by atoms with E-state index in [9.17, 15) is 4.79 Å². The Balaban J connectivity index is 2.01. The Morgan fingerprint density at radius 3 is 2.54 bits per heavy atom. The number of hydrogen-bond acceptors (Lipinski definition) is 6. The van der Waals surface area contributed by atoms with Crippen molar-refractivity contribution in [3.05, 3.63) is 51.9 Å². The molecule has 0 atom stereocenters. The van der Waals surface area contributed by atoms with E-state index in [0.717, 1.165) is 16.8 Å². The number of fused-ring (bicyclic) bond motifs is 3. The number of pyridine rings is 1. The first-order valence-corrected chi connectivity index (χ1v) is 8.57. The Bertz CT molecular complexity index is 1130. The summed E-state index contributed by atoms with van der Waals surface area (Å²) < 4.78 is 3.14. The average Bonchev–Trinajstić information content (AvgIpc) is 2.98. The van der Waals surface area contributed by atoms with Crippen LogP contribution in [0.2, 0.25) is 0 Å². The molecule has 3 aromatic heterocycles. The highest BCUT2D eigenvalue weighted by Crippen LogP contribution is 2.16. The van der Waals surface area contributed by atoms with Crippen molar-refractivity contribution >= 4 is 28.6 Å². The number of hydrogen-bond donors (Lipinski definition) is 0. The quantitative estimate of drug-likeness (QED) is 0.521. The number of aromatic nitrogens is 6. The van der Waals surface area contributed by atoms with Crippen LogP contribution in [0.3, 0.4) is 0 Å². The van der Waals surface area contributed by atoms with Crippen molar-refractivity contribution in [2.75, 3.05) is 6.26 Å². The van der Waals surface area contributed by atoms with E-state index in [-0.39, 0.29) is 11.1 Å². The molecule has 4 rings (SSSR count). The van der Waals surface area contributed by atoms with Gasteiger partial charge in [0.2, 0.25) is 5.16 Å². The molecule has 0 aliphatic rings. The molecule has 7 nitrogen and oxygen atoms in total. The molecule has 4 aromatic rings. The van der Waals surface area contributed by atoms with Crippen LogP contribution in [0.1, 0.15) is 11.1 Å². The fourth-order valence-electron chi connectivity index (χ4n) is 2.77. The third kappa shape index (κ3) is 2.26.